The van der Waals surface area contributed by atoms with Crippen molar-refractivity contribution < 1.29 is 19.1 Å². The van der Waals surface area contributed by atoms with Crippen molar-refractivity contribution in [2.24, 2.45) is 5.41 Å². The summed E-state index contributed by atoms with van der Waals surface area (Å²) >= 11 is 13.6. The van der Waals surface area contributed by atoms with Crippen LogP contribution in [0.3, 0.4) is 0 Å². The van der Waals surface area contributed by atoms with Gasteiger partial charge in [0, 0.05) is 10.4 Å². The van der Waals surface area contributed by atoms with Gasteiger partial charge in [-0.3, -0.25) is 4.79 Å². The van der Waals surface area contributed by atoms with Gasteiger partial charge in [-0.25, -0.2) is 4.79 Å². The van der Waals surface area contributed by atoms with Crippen molar-refractivity contribution in [3.8, 4) is 16.9 Å². The molecule has 1 heterocycles. The molecule has 0 spiro atoms. The van der Waals surface area contributed by atoms with Crippen molar-refractivity contribution in [1.29, 1.82) is 0 Å². The second-order valence-corrected chi connectivity index (χ2v) is 9.56. The molecular formula is C20H21Cl2NO4S. The Balaban J connectivity index is 2.03. The number of alkyl halides is 2. The fourth-order valence-corrected chi connectivity index (χ4v) is 4.79. The van der Waals surface area contributed by atoms with Crippen LogP contribution in [0.1, 0.15) is 35.5 Å². The molecule has 1 aromatic carbocycles. The molecule has 1 N–H and O–H groups in total. The van der Waals surface area contributed by atoms with Crippen molar-refractivity contribution in [1.82, 2.24) is 0 Å². The lowest BCUT2D eigenvalue weighted by molar-refractivity contribution is -0.120. The van der Waals surface area contributed by atoms with Gasteiger partial charge in [-0.1, -0.05) is 12.1 Å². The molecule has 1 amide bonds. The normalized spacial score (nSPS) is 19.8. The van der Waals surface area contributed by atoms with Gasteiger partial charge in [0.05, 0.1) is 19.1 Å². The number of benzene rings is 1. The molecule has 8 heteroatoms. The topological polar surface area (TPSA) is 64.6 Å². The minimum absolute atomic E-state index is 0.230. The van der Waals surface area contributed by atoms with Crippen LogP contribution >= 0.6 is 34.5 Å². The van der Waals surface area contributed by atoms with Gasteiger partial charge in [0.25, 0.3) is 0 Å². The molecule has 1 aromatic heterocycles. The summed E-state index contributed by atoms with van der Waals surface area (Å²) in [5, 5.41) is 3.28. The number of ether oxygens (including phenoxy) is 2. The second-order valence-electron chi connectivity index (χ2n) is 6.85. The van der Waals surface area contributed by atoms with Gasteiger partial charge in [0.2, 0.25) is 5.91 Å². The highest BCUT2D eigenvalue weighted by Gasteiger charge is 2.68. The summed E-state index contributed by atoms with van der Waals surface area (Å²) < 4.78 is 9.36. The van der Waals surface area contributed by atoms with Crippen LogP contribution < -0.4 is 10.1 Å². The first-order valence-corrected chi connectivity index (χ1v) is 10.4. The van der Waals surface area contributed by atoms with E-state index in [0.717, 1.165) is 16.0 Å². The van der Waals surface area contributed by atoms with E-state index in [1.807, 2.05) is 31.2 Å². The molecule has 1 aliphatic carbocycles. The maximum atomic E-state index is 12.7. The maximum absolute atomic E-state index is 12.7. The molecule has 1 atom stereocenters. The molecule has 1 aliphatic rings. The average molecular weight is 442 g/mol. The zero-order valence-electron chi connectivity index (χ0n) is 16.0. The number of thiophene rings is 1. The van der Waals surface area contributed by atoms with Gasteiger partial charge >= 0.3 is 5.97 Å². The lowest BCUT2D eigenvalue weighted by Crippen LogP contribution is -2.26. The summed E-state index contributed by atoms with van der Waals surface area (Å²) in [6.07, 6.45) is 0.360. The molecule has 28 heavy (non-hydrogen) atoms. The smallest absolute Gasteiger partial charge is 0.341 e. The highest BCUT2D eigenvalue weighted by molar-refractivity contribution is 7.17. The number of aryl methyl sites for hydroxylation is 1. The van der Waals surface area contributed by atoms with Crippen LogP contribution in [-0.4, -0.2) is 29.9 Å². The molecule has 1 fully saturated rings. The number of methoxy groups -OCH3 is 1. The molecule has 0 saturated heterocycles. The van der Waals surface area contributed by atoms with Crippen LogP contribution in [0, 0.1) is 12.3 Å². The Hall–Kier alpha value is -1.76. The molecule has 0 radical (unpaired) electrons. The highest BCUT2D eigenvalue weighted by Crippen LogP contribution is 2.64. The summed E-state index contributed by atoms with van der Waals surface area (Å²) in [4.78, 5) is 26.4. The largest absolute Gasteiger partial charge is 0.497 e. The molecule has 1 saturated carbocycles. The SMILES string of the molecule is CCOC(=O)c1c(NC(=O)C2(C)CC2(Cl)Cl)sc(C)c1-c1ccc(OC)cc1. The summed E-state index contributed by atoms with van der Waals surface area (Å²) in [6.45, 7) is 5.57. The van der Waals surface area contributed by atoms with Crippen molar-refractivity contribution in [3.05, 3.63) is 34.7 Å². The first-order chi connectivity index (χ1) is 13.1. The lowest BCUT2D eigenvalue weighted by atomic mass is 10.0. The van der Waals surface area contributed by atoms with E-state index in [2.05, 4.69) is 5.32 Å². The lowest BCUT2D eigenvalue weighted by Gasteiger charge is -2.13. The minimum atomic E-state index is -1.09. The molecule has 5 nitrogen and oxygen atoms in total. The highest BCUT2D eigenvalue weighted by atomic mass is 35.5. The van der Waals surface area contributed by atoms with E-state index in [-0.39, 0.29) is 12.5 Å². The second kappa shape index (κ2) is 7.58. The Morgan fingerprint density at radius 2 is 1.86 bits per heavy atom. The van der Waals surface area contributed by atoms with Crippen LogP contribution in [0.25, 0.3) is 11.1 Å². The summed E-state index contributed by atoms with van der Waals surface area (Å²) in [5.74, 6) is -0.0902. The number of hydrogen-bond donors (Lipinski definition) is 1. The number of esters is 1. The summed E-state index contributed by atoms with van der Waals surface area (Å²) in [6, 6.07) is 7.38. The number of amides is 1. The number of halogens is 2. The number of rotatable bonds is 6. The van der Waals surface area contributed by atoms with Gasteiger partial charge in [-0.05, 0) is 44.9 Å². The Bertz CT molecular complexity index is 923. The van der Waals surface area contributed by atoms with Gasteiger partial charge in [-0.2, -0.15) is 0 Å². The number of nitrogens with one attached hydrogen (secondary N) is 1. The molecule has 2 aromatic rings. The molecule has 0 bridgehead atoms. The van der Waals surface area contributed by atoms with Gasteiger partial charge in [-0.15, -0.1) is 34.5 Å². The quantitative estimate of drug-likeness (QED) is 0.479. The third-order valence-corrected chi connectivity index (χ3v) is 7.05. The number of hydrogen-bond acceptors (Lipinski definition) is 5. The van der Waals surface area contributed by atoms with Crippen molar-refractivity contribution in [2.75, 3.05) is 19.0 Å². The van der Waals surface area contributed by atoms with Crippen molar-refractivity contribution in [2.45, 2.75) is 31.5 Å². The Labute approximate surface area is 177 Å². The van der Waals surface area contributed by atoms with E-state index in [9.17, 15) is 9.59 Å². The fourth-order valence-electron chi connectivity index (χ4n) is 3.02. The predicted molar refractivity (Wildman–Crippen MR) is 113 cm³/mol. The van der Waals surface area contributed by atoms with Gasteiger partial charge in [0.1, 0.15) is 20.6 Å². The summed E-state index contributed by atoms with van der Waals surface area (Å²) in [7, 11) is 1.59. The Morgan fingerprint density at radius 3 is 2.36 bits per heavy atom. The third kappa shape index (κ3) is 3.61. The van der Waals surface area contributed by atoms with E-state index in [0.29, 0.717) is 22.7 Å². The average Bonchev–Trinajstić information content (AvgIpc) is 3.01. The zero-order chi connectivity index (χ0) is 20.7. The van der Waals surface area contributed by atoms with E-state index in [1.54, 1.807) is 21.0 Å². The van der Waals surface area contributed by atoms with Crippen LogP contribution in [0.15, 0.2) is 24.3 Å². The minimum Gasteiger partial charge on any atom is -0.497 e. The van der Waals surface area contributed by atoms with Crippen LogP contribution in [0.5, 0.6) is 5.75 Å². The Kier molecular flexibility index (Phi) is 5.67. The fraction of sp³-hybridized carbons (Fsp3) is 0.400. The van der Waals surface area contributed by atoms with E-state index >= 15 is 0 Å². The maximum Gasteiger partial charge on any atom is 0.341 e. The van der Waals surface area contributed by atoms with Crippen LogP contribution in [0.4, 0.5) is 5.00 Å². The van der Waals surface area contributed by atoms with Gasteiger partial charge in [0.15, 0.2) is 0 Å². The van der Waals surface area contributed by atoms with Gasteiger partial charge < -0.3 is 14.8 Å². The molecule has 150 valence electrons. The number of anilines is 1. The molecule has 3 rings (SSSR count). The predicted octanol–water partition coefficient (Wildman–Crippen LogP) is 5.43. The summed E-state index contributed by atoms with van der Waals surface area (Å²) in [5.41, 5.74) is 1.01. The van der Waals surface area contributed by atoms with Crippen molar-refractivity contribution in [3.63, 3.8) is 0 Å². The van der Waals surface area contributed by atoms with E-state index in [1.165, 1.54) is 11.3 Å². The number of carbonyl (C=O) groups is 2. The Morgan fingerprint density at radius 1 is 1.25 bits per heavy atom. The first kappa shape index (κ1) is 21.0. The monoisotopic (exact) mass is 441 g/mol. The van der Waals surface area contributed by atoms with E-state index in [4.69, 9.17) is 32.7 Å². The zero-order valence-corrected chi connectivity index (χ0v) is 18.3. The molecular weight excluding hydrogens is 421 g/mol. The van der Waals surface area contributed by atoms with E-state index < -0.39 is 15.7 Å². The molecule has 0 aliphatic heterocycles. The standard InChI is InChI=1S/C20H21Cl2NO4S/c1-5-27-17(24)15-14(12-6-8-13(26-4)9-7-12)11(2)28-16(15)23-18(25)19(3)10-20(19,21)22/h6-9H,5,10H2,1-4H3,(H,23,25). The molecule has 1 unspecified atom stereocenters. The number of carbonyl (C=O) groups excluding carboxylic acids is 2. The third-order valence-electron chi connectivity index (χ3n) is 4.93. The van der Waals surface area contributed by atoms with Crippen LogP contribution in [-0.2, 0) is 9.53 Å². The van der Waals surface area contributed by atoms with Crippen molar-refractivity contribution >= 4 is 51.4 Å². The van der Waals surface area contributed by atoms with Crippen LogP contribution in [0.2, 0.25) is 0 Å². The first-order valence-electron chi connectivity index (χ1n) is 8.79.